The molecule has 2 amide bonds. The summed E-state index contributed by atoms with van der Waals surface area (Å²) in [5.41, 5.74) is 1.95. The van der Waals surface area contributed by atoms with Crippen molar-refractivity contribution in [1.29, 1.82) is 0 Å². The third kappa shape index (κ3) is 4.05. The second-order valence-corrected chi connectivity index (χ2v) is 5.55. The van der Waals surface area contributed by atoms with Gasteiger partial charge in [0.1, 0.15) is 5.75 Å². The molecule has 130 valence electrons. The third-order valence-corrected chi connectivity index (χ3v) is 3.78. The van der Waals surface area contributed by atoms with Gasteiger partial charge in [0.15, 0.2) is 0 Å². The molecule has 0 fully saturated rings. The van der Waals surface area contributed by atoms with Crippen LogP contribution in [-0.4, -0.2) is 21.9 Å². The van der Waals surface area contributed by atoms with Gasteiger partial charge in [0.25, 0.3) is 11.8 Å². The molecule has 0 aliphatic carbocycles. The highest BCUT2D eigenvalue weighted by Gasteiger charge is 2.13. The summed E-state index contributed by atoms with van der Waals surface area (Å²) in [6.45, 7) is 0.241. The fourth-order valence-electron chi connectivity index (χ4n) is 2.43. The molecule has 1 heterocycles. The van der Waals surface area contributed by atoms with Crippen molar-refractivity contribution in [3.63, 3.8) is 0 Å². The fraction of sp³-hybridized carbons (Fsp3) is 0.0500. The zero-order valence-electron chi connectivity index (χ0n) is 13.8. The van der Waals surface area contributed by atoms with E-state index in [4.69, 9.17) is 0 Å². The number of phenols is 1. The SMILES string of the molecule is O=C(NCc1ccccc1NC(=O)c1ccccc1O)c1cccnc1. The number of pyridine rings is 1. The highest BCUT2D eigenvalue weighted by atomic mass is 16.3. The Morgan fingerprint density at radius 1 is 0.923 bits per heavy atom. The molecule has 0 bridgehead atoms. The number of aromatic nitrogens is 1. The number of rotatable bonds is 5. The van der Waals surface area contributed by atoms with E-state index in [2.05, 4.69) is 15.6 Å². The van der Waals surface area contributed by atoms with Crippen molar-refractivity contribution >= 4 is 17.5 Å². The predicted octanol–water partition coefficient (Wildman–Crippen LogP) is 2.97. The summed E-state index contributed by atoms with van der Waals surface area (Å²) in [6, 6.07) is 16.8. The van der Waals surface area contributed by atoms with Gasteiger partial charge in [0, 0.05) is 24.6 Å². The van der Waals surface area contributed by atoms with E-state index in [1.807, 2.05) is 12.1 Å². The van der Waals surface area contributed by atoms with E-state index in [0.717, 1.165) is 5.56 Å². The highest BCUT2D eigenvalue weighted by Crippen LogP contribution is 2.20. The molecular weight excluding hydrogens is 330 g/mol. The van der Waals surface area contributed by atoms with E-state index in [-0.39, 0.29) is 23.8 Å². The van der Waals surface area contributed by atoms with Gasteiger partial charge in [-0.3, -0.25) is 14.6 Å². The van der Waals surface area contributed by atoms with Gasteiger partial charge in [-0.25, -0.2) is 0 Å². The summed E-state index contributed by atoms with van der Waals surface area (Å²) in [7, 11) is 0. The lowest BCUT2D eigenvalue weighted by atomic mass is 10.1. The van der Waals surface area contributed by atoms with E-state index in [1.54, 1.807) is 42.6 Å². The van der Waals surface area contributed by atoms with Gasteiger partial charge in [-0.15, -0.1) is 0 Å². The van der Waals surface area contributed by atoms with Gasteiger partial charge in [-0.05, 0) is 35.9 Å². The maximum Gasteiger partial charge on any atom is 0.259 e. The number of carbonyl (C=O) groups is 2. The molecule has 0 spiro atoms. The molecule has 26 heavy (non-hydrogen) atoms. The van der Waals surface area contributed by atoms with Crippen molar-refractivity contribution in [3.8, 4) is 5.75 Å². The quantitative estimate of drug-likeness (QED) is 0.662. The number of hydrogen-bond acceptors (Lipinski definition) is 4. The van der Waals surface area contributed by atoms with Crippen LogP contribution in [0.15, 0.2) is 73.1 Å². The number of phenolic OH excluding ortho intramolecular Hbond substituents is 1. The Morgan fingerprint density at radius 3 is 2.46 bits per heavy atom. The number of para-hydroxylation sites is 2. The van der Waals surface area contributed by atoms with Crippen LogP contribution in [0, 0.1) is 0 Å². The molecule has 3 N–H and O–H groups in total. The maximum atomic E-state index is 12.4. The van der Waals surface area contributed by atoms with Crippen LogP contribution in [0.3, 0.4) is 0 Å². The number of nitrogens with zero attached hydrogens (tertiary/aromatic N) is 1. The molecule has 0 aliphatic rings. The van der Waals surface area contributed by atoms with Gasteiger partial charge < -0.3 is 15.7 Å². The number of anilines is 1. The molecule has 6 nitrogen and oxygen atoms in total. The number of aromatic hydroxyl groups is 1. The van der Waals surface area contributed by atoms with Crippen LogP contribution in [0.25, 0.3) is 0 Å². The Bertz CT molecular complexity index is 926. The average Bonchev–Trinajstić information content (AvgIpc) is 2.68. The first-order valence-electron chi connectivity index (χ1n) is 8.00. The first kappa shape index (κ1) is 17.2. The van der Waals surface area contributed by atoms with Crippen LogP contribution < -0.4 is 10.6 Å². The summed E-state index contributed by atoms with van der Waals surface area (Å²) >= 11 is 0. The molecule has 2 aromatic carbocycles. The largest absolute Gasteiger partial charge is 0.507 e. The average molecular weight is 347 g/mol. The zero-order chi connectivity index (χ0) is 18.4. The van der Waals surface area contributed by atoms with E-state index >= 15 is 0 Å². The first-order valence-corrected chi connectivity index (χ1v) is 8.00. The van der Waals surface area contributed by atoms with E-state index in [0.29, 0.717) is 11.3 Å². The summed E-state index contributed by atoms with van der Waals surface area (Å²) in [4.78, 5) is 28.4. The van der Waals surface area contributed by atoms with Gasteiger partial charge in [-0.2, -0.15) is 0 Å². The summed E-state index contributed by atoms with van der Waals surface area (Å²) < 4.78 is 0. The standard InChI is InChI=1S/C20H17N3O3/c24-18-10-4-2-8-16(18)20(26)23-17-9-3-1-6-14(17)13-22-19(25)15-7-5-11-21-12-15/h1-12,24H,13H2,(H,22,25)(H,23,26). The minimum atomic E-state index is -0.422. The summed E-state index contributed by atoms with van der Waals surface area (Å²) in [5.74, 6) is -0.763. The molecule has 3 aromatic rings. The van der Waals surface area contributed by atoms with Gasteiger partial charge in [0.2, 0.25) is 0 Å². The molecule has 6 heteroatoms. The normalized spacial score (nSPS) is 10.2. The third-order valence-electron chi connectivity index (χ3n) is 3.78. The van der Waals surface area contributed by atoms with E-state index < -0.39 is 5.91 Å². The van der Waals surface area contributed by atoms with Crippen molar-refractivity contribution in [1.82, 2.24) is 10.3 Å². The van der Waals surface area contributed by atoms with Crippen LogP contribution >= 0.6 is 0 Å². The molecule has 0 atom stereocenters. The topological polar surface area (TPSA) is 91.3 Å². The van der Waals surface area contributed by atoms with Crippen LogP contribution in [0.1, 0.15) is 26.3 Å². The highest BCUT2D eigenvalue weighted by molar-refractivity contribution is 6.06. The van der Waals surface area contributed by atoms with Gasteiger partial charge in [0.05, 0.1) is 11.1 Å². The predicted molar refractivity (Wildman–Crippen MR) is 97.9 cm³/mol. The van der Waals surface area contributed by atoms with E-state index in [1.165, 1.54) is 18.3 Å². The molecule has 0 saturated heterocycles. The van der Waals surface area contributed by atoms with Crippen molar-refractivity contribution in [3.05, 3.63) is 89.7 Å². The lowest BCUT2D eigenvalue weighted by Crippen LogP contribution is -2.24. The molecule has 1 aromatic heterocycles. The monoisotopic (exact) mass is 347 g/mol. The second kappa shape index (κ2) is 7.94. The molecule has 3 rings (SSSR count). The van der Waals surface area contributed by atoms with Crippen molar-refractivity contribution in [2.75, 3.05) is 5.32 Å². The number of amides is 2. The Labute approximate surface area is 150 Å². The smallest absolute Gasteiger partial charge is 0.259 e. The Hall–Kier alpha value is -3.67. The lowest BCUT2D eigenvalue weighted by molar-refractivity contribution is 0.0950. The van der Waals surface area contributed by atoms with Crippen LogP contribution in [0.5, 0.6) is 5.75 Å². The lowest BCUT2D eigenvalue weighted by Gasteiger charge is -2.12. The molecule has 0 unspecified atom stereocenters. The number of benzene rings is 2. The van der Waals surface area contributed by atoms with Crippen molar-refractivity contribution in [2.24, 2.45) is 0 Å². The maximum absolute atomic E-state index is 12.4. The molecule has 0 saturated carbocycles. The number of nitrogens with one attached hydrogen (secondary N) is 2. The van der Waals surface area contributed by atoms with E-state index in [9.17, 15) is 14.7 Å². The minimum Gasteiger partial charge on any atom is -0.507 e. The Balaban J connectivity index is 1.71. The minimum absolute atomic E-state index is 0.0904. The molecule has 0 radical (unpaired) electrons. The summed E-state index contributed by atoms with van der Waals surface area (Å²) in [5, 5.41) is 15.4. The van der Waals surface area contributed by atoms with Gasteiger partial charge in [-0.1, -0.05) is 30.3 Å². The number of hydrogen-bond donors (Lipinski definition) is 3. The number of carbonyl (C=O) groups excluding carboxylic acids is 2. The van der Waals surface area contributed by atoms with Crippen LogP contribution in [0.2, 0.25) is 0 Å². The van der Waals surface area contributed by atoms with Crippen LogP contribution in [0.4, 0.5) is 5.69 Å². The van der Waals surface area contributed by atoms with Crippen molar-refractivity contribution in [2.45, 2.75) is 6.54 Å². The van der Waals surface area contributed by atoms with Gasteiger partial charge >= 0.3 is 0 Å². The first-order chi connectivity index (χ1) is 12.6. The van der Waals surface area contributed by atoms with Crippen LogP contribution in [-0.2, 0) is 6.54 Å². The Morgan fingerprint density at radius 2 is 1.69 bits per heavy atom. The Kier molecular flexibility index (Phi) is 5.24. The second-order valence-electron chi connectivity index (χ2n) is 5.55. The van der Waals surface area contributed by atoms with Crippen molar-refractivity contribution < 1.29 is 14.7 Å². The molecular formula is C20H17N3O3. The zero-order valence-corrected chi connectivity index (χ0v) is 13.8. The summed E-state index contributed by atoms with van der Waals surface area (Å²) in [6.07, 6.45) is 3.09. The fourth-order valence-corrected chi connectivity index (χ4v) is 2.43. The molecule has 0 aliphatic heterocycles.